The molecule has 0 aliphatic heterocycles. The number of amides is 3. The molecule has 0 unspecified atom stereocenters. The molecule has 0 aliphatic rings. The van der Waals surface area contributed by atoms with Gasteiger partial charge >= 0.3 is 6.09 Å². The SMILES string of the molecule is CC(C)=CC[C@H](NC(=O)CNC(=O)OCc1ccccc1)C(N)=O. The molecule has 1 aromatic carbocycles. The second kappa shape index (κ2) is 10.0. The van der Waals surface area contributed by atoms with Crippen molar-refractivity contribution >= 4 is 17.9 Å². The molecule has 130 valence electrons. The minimum absolute atomic E-state index is 0.110. The Hall–Kier alpha value is -2.83. The number of ether oxygens (including phenoxy) is 1. The zero-order valence-electron chi connectivity index (χ0n) is 13.9. The standard InChI is InChI=1S/C17H23N3O4/c1-12(2)8-9-14(16(18)22)20-15(21)10-19-17(23)24-11-13-6-4-3-5-7-13/h3-8,14H,9-11H2,1-2H3,(H2,18,22)(H,19,23)(H,20,21)/t14-/m0/s1. The zero-order chi connectivity index (χ0) is 17.9. The molecule has 0 heterocycles. The predicted molar refractivity (Wildman–Crippen MR) is 89.8 cm³/mol. The topological polar surface area (TPSA) is 111 Å². The Morgan fingerprint density at radius 1 is 1.21 bits per heavy atom. The van der Waals surface area contributed by atoms with Gasteiger partial charge in [0.15, 0.2) is 0 Å². The smallest absolute Gasteiger partial charge is 0.407 e. The molecule has 7 nitrogen and oxygen atoms in total. The molecular weight excluding hydrogens is 310 g/mol. The first-order valence-electron chi connectivity index (χ1n) is 7.55. The van der Waals surface area contributed by atoms with Crippen molar-refractivity contribution in [1.82, 2.24) is 10.6 Å². The molecule has 0 spiro atoms. The lowest BCUT2D eigenvalue weighted by Gasteiger charge is -2.14. The second-order valence-corrected chi connectivity index (χ2v) is 5.45. The molecule has 0 aliphatic carbocycles. The Morgan fingerprint density at radius 3 is 2.46 bits per heavy atom. The van der Waals surface area contributed by atoms with Crippen LogP contribution in [0, 0.1) is 0 Å². The summed E-state index contributed by atoms with van der Waals surface area (Å²) in [6.07, 6.45) is 1.40. The van der Waals surface area contributed by atoms with Crippen LogP contribution in [0.1, 0.15) is 25.8 Å². The Bertz CT molecular complexity index is 595. The fourth-order valence-corrected chi connectivity index (χ4v) is 1.77. The number of alkyl carbamates (subject to hydrolysis) is 1. The first kappa shape index (κ1) is 19.2. The molecule has 4 N–H and O–H groups in total. The summed E-state index contributed by atoms with van der Waals surface area (Å²) in [6.45, 7) is 3.57. The number of primary amides is 1. The fourth-order valence-electron chi connectivity index (χ4n) is 1.77. The van der Waals surface area contributed by atoms with E-state index in [1.807, 2.05) is 44.2 Å². The average Bonchev–Trinajstić information content (AvgIpc) is 2.55. The maximum Gasteiger partial charge on any atom is 0.407 e. The zero-order valence-corrected chi connectivity index (χ0v) is 13.9. The lowest BCUT2D eigenvalue weighted by molar-refractivity contribution is -0.126. The molecule has 24 heavy (non-hydrogen) atoms. The molecule has 7 heteroatoms. The normalized spacial score (nSPS) is 11.1. The molecule has 0 radical (unpaired) electrons. The quantitative estimate of drug-likeness (QED) is 0.622. The van der Waals surface area contributed by atoms with Crippen LogP contribution in [0.2, 0.25) is 0 Å². The second-order valence-electron chi connectivity index (χ2n) is 5.45. The first-order valence-corrected chi connectivity index (χ1v) is 7.55. The number of nitrogens with two attached hydrogens (primary N) is 1. The Labute approximate surface area is 141 Å². The van der Waals surface area contributed by atoms with Crippen molar-refractivity contribution in [2.45, 2.75) is 32.9 Å². The van der Waals surface area contributed by atoms with Crippen LogP contribution in [-0.2, 0) is 20.9 Å². The van der Waals surface area contributed by atoms with Crippen LogP contribution in [0.4, 0.5) is 4.79 Å². The van der Waals surface area contributed by atoms with Gasteiger partial charge in [0.1, 0.15) is 19.2 Å². The highest BCUT2D eigenvalue weighted by Crippen LogP contribution is 2.00. The van der Waals surface area contributed by atoms with Crippen molar-refractivity contribution in [3.8, 4) is 0 Å². The van der Waals surface area contributed by atoms with Gasteiger partial charge in [0, 0.05) is 0 Å². The van der Waals surface area contributed by atoms with E-state index in [4.69, 9.17) is 10.5 Å². The highest BCUT2D eigenvalue weighted by atomic mass is 16.5. The first-order chi connectivity index (χ1) is 11.4. The van der Waals surface area contributed by atoms with E-state index in [2.05, 4.69) is 10.6 Å². The summed E-state index contributed by atoms with van der Waals surface area (Å²) in [5, 5.41) is 4.79. The maximum atomic E-state index is 11.8. The summed E-state index contributed by atoms with van der Waals surface area (Å²) >= 11 is 0. The predicted octanol–water partition coefficient (Wildman–Crippen LogP) is 1.24. The molecule has 1 rings (SSSR count). The van der Waals surface area contributed by atoms with Gasteiger partial charge in [-0.2, -0.15) is 0 Å². The van der Waals surface area contributed by atoms with Gasteiger partial charge in [-0.05, 0) is 25.8 Å². The highest BCUT2D eigenvalue weighted by Gasteiger charge is 2.17. The van der Waals surface area contributed by atoms with Gasteiger partial charge in [0.25, 0.3) is 0 Å². The van der Waals surface area contributed by atoms with E-state index in [1.54, 1.807) is 6.08 Å². The van der Waals surface area contributed by atoms with Crippen molar-refractivity contribution < 1.29 is 19.1 Å². The van der Waals surface area contributed by atoms with Gasteiger partial charge in [0.2, 0.25) is 11.8 Å². The minimum Gasteiger partial charge on any atom is -0.445 e. The van der Waals surface area contributed by atoms with Gasteiger partial charge in [-0.1, -0.05) is 42.0 Å². The summed E-state index contributed by atoms with van der Waals surface area (Å²) in [5.41, 5.74) is 7.10. The fraction of sp³-hybridized carbons (Fsp3) is 0.353. The van der Waals surface area contributed by atoms with Gasteiger partial charge < -0.3 is 21.1 Å². The number of hydrogen-bond acceptors (Lipinski definition) is 4. The van der Waals surface area contributed by atoms with Crippen LogP contribution < -0.4 is 16.4 Å². The number of rotatable bonds is 8. The summed E-state index contributed by atoms with van der Waals surface area (Å²) in [5.74, 6) is -1.15. The summed E-state index contributed by atoms with van der Waals surface area (Å²) < 4.78 is 4.98. The van der Waals surface area contributed by atoms with Crippen molar-refractivity contribution in [1.29, 1.82) is 0 Å². The van der Waals surface area contributed by atoms with E-state index in [-0.39, 0.29) is 13.2 Å². The van der Waals surface area contributed by atoms with E-state index < -0.39 is 23.9 Å². The number of nitrogens with one attached hydrogen (secondary N) is 2. The van der Waals surface area contributed by atoms with Crippen molar-refractivity contribution in [2.75, 3.05) is 6.54 Å². The molecule has 0 aromatic heterocycles. The van der Waals surface area contributed by atoms with Crippen molar-refractivity contribution in [2.24, 2.45) is 5.73 Å². The molecule has 0 fully saturated rings. The molecule has 0 bridgehead atoms. The number of hydrogen-bond donors (Lipinski definition) is 3. The third-order valence-corrected chi connectivity index (χ3v) is 3.05. The molecule has 1 atom stereocenters. The van der Waals surface area contributed by atoms with Crippen LogP contribution in [0.15, 0.2) is 42.0 Å². The number of carbonyl (C=O) groups is 3. The number of allylic oxidation sites excluding steroid dienone is 1. The van der Waals surface area contributed by atoms with E-state index >= 15 is 0 Å². The number of carbonyl (C=O) groups excluding carboxylic acids is 3. The van der Waals surface area contributed by atoms with Crippen molar-refractivity contribution in [3.05, 3.63) is 47.5 Å². The Kier molecular flexibility index (Phi) is 8.04. The summed E-state index contributed by atoms with van der Waals surface area (Å²) in [7, 11) is 0. The van der Waals surface area contributed by atoms with E-state index in [9.17, 15) is 14.4 Å². The van der Waals surface area contributed by atoms with Gasteiger partial charge in [-0.25, -0.2) is 4.79 Å². The molecule has 3 amide bonds. The van der Waals surface area contributed by atoms with Gasteiger partial charge in [0.05, 0.1) is 0 Å². The Balaban J connectivity index is 2.34. The number of benzene rings is 1. The minimum atomic E-state index is -0.811. The third-order valence-electron chi connectivity index (χ3n) is 3.05. The largest absolute Gasteiger partial charge is 0.445 e. The van der Waals surface area contributed by atoms with Crippen LogP contribution >= 0.6 is 0 Å². The Morgan fingerprint density at radius 2 is 1.88 bits per heavy atom. The van der Waals surface area contributed by atoms with E-state index in [0.29, 0.717) is 6.42 Å². The van der Waals surface area contributed by atoms with Gasteiger partial charge in [-0.3, -0.25) is 9.59 Å². The highest BCUT2D eigenvalue weighted by molar-refractivity contribution is 5.88. The van der Waals surface area contributed by atoms with Crippen LogP contribution in [-0.4, -0.2) is 30.5 Å². The lowest BCUT2D eigenvalue weighted by Crippen LogP contribution is -2.47. The van der Waals surface area contributed by atoms with Crippen molar-refractivity contribution in [3.63, 3.8) is 0 Å². The third kappa shape index (κ3) is 7.98. The molecule has 0 saturated heterocycles. The lowest BCUT2D eigenvalue weighted by atomic mass is 10.1. The van der Waals surface area contributed by atoms with Crippen LogP contribution in [0.3, 0.4) is 0 Å². The summed E-state index contributed by atoms with van der Waals surface area (Å²) in [6, 6.07) is 8.36. The molecule has 0 saturated carbocycles. The van der Waals surface area contributed by atoms with E-state index in [1.165, 1.54) is 0 Å². The van der Waals surface area contributed by atoms with E-state index in [0.717, 1.165) is 11.1 Å². The molecular formula is C17H23N3O4. The van der Waals surface area contributed by atoms with Crippen LogP contribution in [0.5, 0.6) is 0 Å². The summed E-state index contributed by atoms with van der Waals surface area (Å²) in [4.78, 5) is 34.6. The van der Waals surface area contributed by atoms with Gasteiger partial charge in [-0.15, -0.1) is 0 Å². The average molecular weight is 333 g/mol. The maximum absolute atomic E-state index is 11.8. The monoisotopic (exact) mass is 333 g/mol. The molecule has 1 aromatic rings. The van der Waals surface area contributed by atoms with Crippen LogP contribution in [0.25, 0.3) is 0 Å².